The van der Waals surface area contributed by atoms with Crippen molar-refractivity contribution in [1.82, 2.24) is 20.1 Å². The molecular formula is C17H20N4OS. The van der Waals surface area contributed by atoms with Crippen molar-refractivity contribution in [3.63, 3.8) is 0 Å². The summed E-state index contributed by atoms with van der Waals surface area (Å²) in [6, 6.07) is 10.4. The van der Waals surface area contributed by atoms with E-state index in [2.05, 4.69) is 58.2 Å². The summed E-state index contributed by atoms with van der Waals surface area (Å²) in [5.41, 5.74) is 3.45. The van der Waals surface area contributed by atoms with E-state index in [4.69, 9.17) is 4.52 Å². The third-order valence-corrected chi connectivity index (χ3v) is 4.35. The van der Waals surface area contributed by atoms with Gasteiger partial charge in [-0.1, -0.05) is 54.2 Å². The smallest absolute Gasteiger partial charge is 0.237 e. The molecule has 0 amide bonds. The van der Waals surface area contributed by atoms with E-state index in [1.54, 1.807) is 11.8 Å². The number of benzene rings is 1. The number of aryl methyl sites for hydroxylation is 2. The molecule has 1 aromatic carbocycles. The van der Waals surface area contributed by atoms with Gasteiger partial charge in [0.15, 0.2) is 11.0 Å². The molecule has 0 spiro atoms. The van der Waals surface area contributed by atoms with E-state index >= 15 is 0 Å². The average molecular weight is 328 g/mol. The Hall–Kier alpha value is -2.08. The number of nitrogens with one attached hydrogen (secondary N) is 1. The van der Waals surface area contributed by atoms with E-state index < -0.39 is 0 Å². The fourth-order valence-corrected chi connectivity index (χ4v) is 3.08. The molecule has 5 nitrogen and oxygen atoms in total. The van der Waals surface area contributed by atoms with Crippen molar-refractivity contribution in [2.45, 2.75) is 44.0 Å². The summed E-state index contributed by atoms with van der Waals surface area (Å²) in [7, 11) is 0. The molecule has 0 atom stereocenters. The van der Waals surface area contributed by atoms with E-state index in [9.17, 15) is 0 Å². The maximum Gasteiger partial charge on any atom is 0.237 e. The van der Waals surface area contributed by atoms with Gasteiger partial charge in [0.1, 0.15) is 0 Å². The molecule has 0 aliphatic heterocycles. The normalized spacial score (nSPS) is 11.0. The topological polar surface area (TPSA) is 67.6 Å². The first-order valence-corrected chi connectivity index (χ1v) is 8.77. The third-order valence-electron chi connectivity index (χ3n) is 3.49. The van der Waals surface area contributed by atoms with E-state index in [0.29, 0.717) is 11.6 Å². The molecule has 2 aromatic heterocycles. The highest BCUT2D eigenvalue weighted by Gasteiger charge is 2.11. The molecule has 0 fully saturated rings. The molecule has 6 heteroatoms. The van der Waals surface area contributed by atoms with Crippen LogP contribution in [0, 0.1) is 6.92 Å². The summed E-state index contributed by atoms with van der Waals surface area (Å²) >= 11 is 1.59. The average Bonchev–Trinajstić information content (AvgIpc) is 3.14. The first-order valence-electron chi connectivity index (χ1n) is 7.78. The highest BCUT2D eigenvalue weighted by atomic mass is 32.2. The summed E-state index contributed by atoms with van der Waals surface area (Å²) < 4.78 is 5.25. The van der Waals surface area contributed by atoms with Crippen molar-refractivity contribution in [2.24, 2.45) is 0 Å². The van der Waals surface area contributed by atoms with E-state index in [0.717, 1.165) is 41.6 Å². The van der Waals surface area contributed by atoms with Gasteiger partial charge in [0.2, 0.25) is 5.89 Å². The molecule has 0 aliphatic rings. The second kappa shape index (κ2) is 7.46. The van der Waals surface area contributed by atoms with Gasteiger partial charge in [0.25, 0.3) is 0 Å². The molecule has 23 heavy (non-hydrogen) atoms. The van der Waals surface area contributed by atoms with Crippen LogP contribution in [0.5, 0.6) is 0 Å². The summed E-state index contributed by atoms with van der Waals surface area (Å²) in [6.45, 7) is 4.16. The zero-order chi connectivity index (χ0) is 16.1. The third kappa shape index (κ3) is 4.22. The largest absolute Gasteiger partial charge is 0.338 e. The van der Waals surface area contributed by atoms with Crippen molar-refractivity contribution in [1.29, 1.82) is 0 Å². The Labute approximate surface area is 139 Å². The second-order valence-corrected chi connectivity index (χ2v) is 6.38. The van der Waals surface area contributed by atoms with Crippen LogP contribution < -0.4 is 0 Å². The van der Waals surface area contributed by atoms with Crippen LogP contribution in [0.4, 0.5) is 0 Å². The SMILES string of the molecule is CCCc1noc(CSc2nc(Cc3ccccc3)c(C)[nH]2)n1. The van der Waals surface area contributed by atoms with Crippen LogP contribution >= 0.6 is 11.8 Å². The number of aromatic nitrogens is 4. The molecule has 0 radical (unpaired) electrons. The fourth-order valence-electron chi connectivity index (χ4n) is 2.30. The Bertz CT molecular complexity index is 751. The van der Waals surface area contributed by atoms with Gasteiger partial charge in [-0.25, -0.2) is 4.98 Å². The van der Waals surface area contributed by atoms with Crippen molar-refractivity contribution in [3.05, 3.63) is 59.0 Å². The molecule has 2 heterocycles. The number of H-pyrrole nitrogens is 1. The predicted molar refractivity (Wildman–Crippen MR) is 90.4 cm³/mol. The molecule has 120 valence electrons. The van der Waals surface area contributed by atoms with Gasteiger partial charge in [-0.15, -0.1) is 0 Å². The fraction of sp³-hybridized carbons (Fsp3) is 0.353. The Morgan fingerprint density at radius 1 is 1.17 bits per heavy atom. The molecule has 0 aliphatic carbocycles. The summed E-state index contributed by atoms with van der Waals surface area (Å²) in [5, 5.41) is 4.86. The lowest BCUT2D eigenvalue weighted by Crippen LogP contribution is -1.90. The van der Waals surface area contributed by atoms with Gasteiger partial charge in [0, 0.05) is 18.5 Å². The zero-order valence-electron chi connectivity index (χ0n) is 13.4. The number of aromatic amines is 1. The van der Waals surface area contributed by atoms with E-state index in [1.165, 1.54) is 5.56 Å². The molecule has 3 aromatic rings. The number of nitrogens with zero attached hydrogens (tertiary/aromatic N) is 3. The van der Waals surface area contributed by atoms with Gasteiger partial charge in [0.05, 0.1) is 11.4 Å². The van der Waals surface area contributed by atoms with Gasteiger partial charge < -0.3 is 9.51 Å². The van der Waals surface area contributed by atoms with Crippen LogP contribution in [-0.4, -0.2) is 20.1 Å². The zero-order valence-corrected chi connectivity index (χ0v) is 14.2. The van der Waals surface area contributed by atoms with Crippen molar-refractivity contribution >= 4 is 11.8 Å². The molecule has 1 N–H and O–H groups in total. The lowest BCUT2D eigenvalue weighted by Gasteiger charge is -1.98. The molecule has 3 rings (SSSR count). The highest BCUT2D eigenvalue weighted by molar-refractivity contribution is 7.98. The highest BCUT2D eigenvalue weighted by Crippen LogP contribution is 2.22. The molecule has 0 unspecified atom stereocenters. The Kier molecular flexibility index (Phi) is 5.12. The van der Waals surface area contributed by atoms with Gasteiger partial charge in [-0.2, -0.15) is 4.98 Å². The maximum atomic E-state index is 5.25. The van der Waals surface area contributed by atoms with E-state index in [1.807, 2.05) is 6.07 Å². The minimum Gasteiger partial charge on any atom is -0.338 e. The number of hydrogen-bond acceptors (Lipinski definition) is 5. The molecule has 0 saturated heterocycles. The number of thioether (sulfide) groups is 1. The standard InChI is InChI=1S/C17H20N4OS/c1-3-7-15-20-16(22-21-15)11-23-17-18-12(2)14(19-17)10-13-8-5-4-6-9-13/h4-6,8-9H,3,7,10-11H2,1-2H3,(H,18,19). The van der Waals surface area contributed by atoms with Crippen molar-refractivity contribution in [3.8, 4) is 0 Å². The van der Waals surface area contributed by atoms with E-state index in [-0.39, 0.29) is 0 Å². The first kappa shape index (κ1) is 15.8. The van der Waals surface area contributed by atoms with Gasteiger partial charge >= 0.3 is 0 Å². The Morgan fingerprint density at radius 3 is 2.78 bits per heavy atom. The van der Waals surface area contributed by atoms with Gasteiger partial charge in [-0.3, -0.25) is 0 Å². The van der Waals surface area contributed by atoms with Crippen molar-refractivity contribution < 1.29 is 4.52 Å². The first-order chi connectivity index (χ1) is 11.2. The van der Waals surface area contributed by atoms with Crippen LogP contribution in [0.3, 0.4) is 0 Å². The summed E-state index contributed by atoms with van der Waals surface area (Å²) in [4.78, 5) is 12.4. The number of hydrogen-bond donors (Lipinski definition) is 1. The molecule has 0 bridgehead atoms. The monoisotopic (exact) mass is 328 g/mol. The van der Waals surface area contributed by atoms with Crippen LogP contribution in [0.15, 0.2) is 40.0 Å². The molecule has 0 saturated carbocycles. The van der Waals surface area contributed by atoms with Gasteiger partial charge in [-0.05, 0) is 18.9 Å². The maximum absolute atomic E-state index is 5.25. The van der Waals surface area contributed by atoms with Crippen molar-refractivity contribution in [2.75, 3.05) is 0 Å². The summed E-state index contributed by atoms with van der Waals surface area (Å²) in [6.07, 6.45) is 2.71. The van der Waals surface area contributed by atoms with Crippen LogP contribution in [0.25, 0.3) is 0 Å². The minimum absolute atomic E-state index is 0.633. The predicted octanol–water partition coefficient (Wildman–Crippen LogP) is 3.94. The Balaban J connectivity index is 1.61. The number of imidazole rings is 1. The van der Waals surface area contributed by atoms with Crippen LogP contribution in [0.2, 0.25) is 0 Å². The minimum atomic E-state index is 0.633. The lowest BCUT2D eigenvalue weighted by molar-refractivity contribution is 0.384. The molecular weight excluding hydrogens is 308 g/mol. The second-order valence-electron chi connectivity index (χ2n) is 5.42. The Morgan fingerprint density at radius 2 is 2.00 bits per heavy atom. The van der Waals surface area contributed by atoms with Crippen LogP contribution in [-0.2, 0) is 18.6 Å². The summed E-state index contributed by atoms with van der Waals surface area (Å²) in [5.74, 6) is 2.06. The lowest BCUT2D eigenvalue weighted by atomic mass is 10.1. The van der Waals surface area contributed by atoms with Crippen LogP contribution in [0.1, 0.15) is 42.0 Å². The quantitative estimate of drug-likeness (QED) is 0.665. The number of rotatable bonds is 7.